The van der Waals surface area contributed by atoms with E-state index in [1.807, 2.05) is 6.07 Å². The van der Waals surface area contributed by atoms with E-state index in [0.717, 1.165) is 18.4 Å². The minimum Gasteiger partial charge on any atom is -0.396 e. The molecule has 0 saturated carbocycles. The molecule has 5 nitrogen and oxygen atoms in total. The SMILES string of the molecule is CCCCON=C(Cn1cncn1)c1ccc(Cl)cc1Cl. The molecule has 1 aromatic heterocycles. The van der Waals surface area contributed by atoms with Crippen LogP contribution in [0.3, 0.4) is 0 Å². The minimum atomic E-state index is 0.424. The van der Waals surface area contributed by atoms with E-state index in [9.17, 15) is 0 Å². The summed E-state index contributed by atoms with van der Waals surface area (Å²) < 4.78 is 1.66. The highest BCUT2D eigenvalue weighted by Crippen LogP contribution is 2.22. The van der Waals surface area contributed by atoms with Gasteiger partial charge >= 0.3 is 0 Å². The zero-order valence-electron chi connectivity index (χ0n) is 11.7. The molecule has 0 N–H and O–H groups in total. The van der Waals surface area contributed by atoms with E-state index in [4.69, 9.17) is 28.0 Å². The minimum absolute atomic E-state index is 0.424. The molecular weight excluding hydrogens is 311 g/mol. The van der Waals surface area contributed by atoms with Crippen LogP contribution in [0, 0.1) is 0 Å². The van der Waals surface area contributed by atoms with Crippen LogP contribution in [0.1, 0.15) is 25.3 Å². The Kier molecular flexibility index (Phi) is 6.02. The normalized spacial score (nSPS) is 11.7. The van der Waals surface area contributed by atoms with E-state index in [1.165, 1.54) is 6.33 Å². The van der Waals surface area contributed by atoms with Crippen molar-refractivity contribution in [2.24, 2.45) is 5.16 Å². The Morgan fingerprint density at radius 2 is 2.24 bits per heavy atom. The summed E-state index contributed by atoms with van der Waals surface area (Å²) >= 11 is 12.2. The molecule has 0 fully saturated rings. The second-order valence-electron chi connectivity index (χ2n) is 4.44. The predicted octanol–water partition coefficient (Wildman–Crippen LogP) is 3.81. The topological polar surface area (TPSA) is 52.3 Å². The lowest BCUT2D eigenvalue weighted by Crippen LogP contribution is -2.13. The van der Waals surface area contributed by atoms with Crippen LogP contribution in [0.4, 0.5) is 0 Å². The van der Waals surface area contributed by atoms with Crippen LogP contribution in [0.5, 0.6) is 0 Å². The van der Waals surface area contributed by atoms with Gasteiger partial charge in [-0.25, -0.2) is 9.67 Å². The Balaban J connectivity index is 2.21. The lowest BCUT2D eigenvalue weighted by Gasteiger charge is -2.09. The summed E-state index contributed by atoms with van der Waals surface area (Å²) in [4.78, 5) is 9.28. The highest BCUT2D eigenvalue weighted by molar-refractivity contribution is 6.37. The maximum atomic E-state index is 6.24. The molecule has 0 aliphatic rings. The van der Waals surface area contributed by atoms with E-state index in [-0.39, 0.29) is 0 Å². The quantitative estimate of drug-likeness (QED) is 0.441. The number of unbranched alkanes of at least 4 members (excludes halogenated alkanes) is 1. The van der Waals surface area contributed by atoms with Gasteiger partial charge in [-0.3, -0.25) is 0 Å². The number of hydrogen-bond acceptors (Lipinski definition) is 4. The Morgan fingerprint density at radius 1 is 1.38 bits per heavy atom. The predicted molar refractivity (Wildman–Crippen MR) is 83.9 cm³/mol. The maximum Gasteiger partial charge on any atom is 0.137 e. The van der Waals surface area contributed by atoms with Gasteiger partial charge in [-0.1, -0.05) is 41.7 Å². The Morgan fingerprint density at radius 3 is 2.90 bits per heavy atom. The van der Waals surface area contributed by atoms with Crippen LogP contribution < -0.4 is 0 Å². The largest absolute Gasteiger partial charge is 0.396 e. The van der Waals surface area contributed by atoms with Crippen LogP contribution in [0.15, 0.2) is 36.0 Å². The molecule has 0 amide bonds. The molecule has 0 aliphatic carbocycles. The van der Waals surface area contributed by atoms with Crippen molar-refractivity contribution in [3.05, 3.63) is 46.5 Å². The Hall–Kier alpha value is -1.59. The van der Waals surface area contributed by atoms with Gasteiger partial charge in [-0.15, -0.1) is 0 Å². The first-order chi connectivity index (χ1) is 10.2. The molecule has 0 radical (unpaired) electrons. The van der Waals surface area contributed by atoms with Crippen LogP contribution in [0.25, 0.3) is 0 Å². The third-order valence-electron chi connectivity index (χ3n) is 2.78. The van der Waals surface area contributed by atoms with Crippen molar-refractivity contribution in [3.63, 3.8) is 0 Å². The molecule has 2 aromatic rings. The zero-order valence-corrected chi connectivity index (χ0v) is 13.2. The van der Waals surface area contributed by atoms with Gasteiger partial charge < -0.3 is 4.84 Å². The summed E-state index contributed by atoms with van der Waals surface area (Å²) in [6, 6.07) is 5.27. The molecule has 7 heteroatoms. The van der Waals surface area contributed by atoms with Crippen LogP contribution in [-0.2, 0) is 11.4 Å². The van der Waals surface area contributed by atoms with Crippen molar-refractivity contribution in [1.29, 1.82) is 0 Å². The smallest absolute Gasteiger partial charge is 0.137 e. The van der Waals surface area contributed by atoms with E-state index in [1.54, 1.807) is 23.1 Å². The number of halogens is 2. The summed E-state index contributed by atoms with van der Waals surface area (Å²) in [6.45, 7) is 3.09. The highest BCUT2D eigenvalue weighted by Gasteiger charge is 2.11. The molecule has 0 saturated heterocycles. The van der Waals surface area contributed by atoms with Gasteiger partial charge in [0.15, 0.2) is 0 Å². The van der Waals surface area contributed by atoms with E-state index >= 15 is 0 Å². The van der Waals surface area contributed by atoms with Crippen molar-refractivity contribution in [3.8, 4) is 0 Å². The average molecular weight is 327 g/mol. The monoisotopic (exact) mass is 326 g/mol. The first-order valence-electron chi connectivity index (χ1n) is 6.67. The molecule has 0 spiro atoms. The summed E-state index contributed by atoms with van der Waals surface area (Å²) in [6.07, 6.45) is 5.09. The third-order valence-corrected chi connectivity index (χ3v) is 3.33. The van der Waals surface area contributed by atoms with Crippen molar-refractivity contribution >= 4 is 28.9 Å². The molecule has 0 unspecified atom stereocenters. The lowest BCUT2D eigenvalue weighted by molar-refractivity contribution is 0.140. The average Bonchev–Trinajstić information content (AvgIpc) is 2.95. The van der Waals surface area contributed by atoms with Gasteiger partial charge in [0.05, 0.1) is 11.6 Å². The highest BCUT2D eigenvalue weighted by atomic mass is 35.5. The van der Waals surface area contributed by atoms with Crippen LogP contribution >= 0.6 is 23.2 Å². The molecule has 112 valence electrons. The van der Waals surface area contributed by atoms with Crippen molar-refractivity contribution in [2.75, 3.05) is 6.61 Å². The molecule has 0 aliphatic heterocycles. The fraction of sp³-hybridized carbons (Fsp3) is 0.357. The van der Waals surface area contributed by atoms with E-state index < -0.39 is 0 Å². The molecule has 21 heavy (non-hydrogen) atoms. The molecule has 1 heterocycles. The summed E-state index contributed by atoms with van der Waals surface area (Å²) in [5, 5.41) is 9.38. The van der Waals surface area contributed by atoms with Gasteiger partial charge in [-0.05, 0) is 24.6 Å². The van der Waals surface area contributed by atoms with Gasteiger partial charge in [0.2, 0.25) is 0 Å². The Bertz CT molecular complexity index is 599. The first-order valence-corrected chi connectivity index (χ1v) is 7.43. The standard InChI is InChI=1S/C14H16Cl2N4O/c1-2-3-6-21-19-14(8-20-10-17-9-18-20)12-5-4-11(15)7-13(12)16/h4-5,7,9-10H,2-3,6,8H2,1H3. The van der Waals surface area contributed by atoms with Crippen molar-refractivity contribution in [1.82, 2.24) is 14.8 Å². The maximum absolute atomic E-state index is 6.24. The van der Waals surface area contributed by atoms with Gasteiger partial charge in [0, 0.05) is 10.6 Å². The van der Waals surface area contributed by atoms with Gasteiger partial charge in [-0.2, -0.15) is 5.10 Å². The first kappa shape index (κ1) is 15.8. The summed E-state index contributed by atoms with van der Waals surface area (Å²) in [5.74, 6) is 0. The van der Waals surface area contributed by atoms with Gasteiger partial charge in [0.25, 0.3) is 0 Å². The second kappa shape index (κ2) is 8.00. The number of rotatable bonds is 7. The number of nitrogens with zero attached hydrogens (tertiary/aromatic N) is 4. The second-order valence-corrected chi connectivity index (χ2v) is 5.29. The zero-order chi connectivity index (χ0) is 15.1. The number of hydrogen-bond donors (Lipinski definition) is 0. The van der Waals surface area contributed by atoms with Gasteiger partial charge in [0.1, 0.15) is 25.0 Å². The molecule has 0 bridgehead atoms. The summed E-state index contributed by atoms with van der Waals surface area (Å²) in [7, 11) is 0. The van der Waals surface area contributed by atoms with Crippen molar-refractivity contribution < 1.29 is 4.84 Å². The lowest BCUT2D eigenvalue weighted by atomic mass is 10.1. The molecule has 0 atom stereocenters. The fourth-order valence-corrected chi connectivity index (χ4v) is 2.20. The van der Waals surface area contributed by atoms with Crippen molar-refractivity contribution in [2.45, 2.75) is 26.3 Å². The number of oxime groups is 1. The molecule has 2 rings (SSSR count). The fourth-order valence-electron chi connectivity index (χ4n) is 1.69. The molecular formula is C14H16Cl2N4O. The van der Waals surface area contributed by atoms with E-state index in [0.29, 0.717) is 28.9 Å². The van der Waals surface area contributed by atoms with Crippen LogP contribution in [-0.4, -0.2) is 27.1 Å². The number of benzene rings is 1. The number of aromatic nitrogens is 3. The van der Waals surface area contributed by atoms with E-state index in [2.05, 4.69) is 22.2 Å². The Labute approximate surface area is 133 Å². The summed E-state index contributed by atoms with van der Waals surface area (Å²) in [5.41, 5.74) is 1.45. The molecule has 1 aromatic carbocycles. The van der Waals surface area contributed by atoms with Crippen LogP contribution in [0.2, 0.25) is 10.0 Å². The third kappa shape index (κ3) is 4.72.